The Hall–Kier alpha value is -3.39. The Labute approximate surface area is 194 Å². The molecule has 6 nitrogen and oxygen atoms in total. The predicted octanol–water partition coefficient (Wildman–Crippen LogP) is 5.10. The maximum atomic E-state index is 13.4. The van der Waals surface area contributed by atoms with Gasteiger partial charge < -0.3 is 10.1 Å². The van der Waals surface area contributed by atoms with Gasteiger partial charge in [-0.1, -0.05) is 32.0 Å². The van der Waals surface area contributed by atoms with Crippen LogP contribution in [0, 0.1) is 12.7 Å². The Balaban J connectivity index is 1.98. The van der Waals surface area contributed by atoms with Crippen LogP contribution in [0.25, 0.3) is 0 Å². The molecule has 8 heteroatoms. The number of halogens is 1. The lowest BCUT2D eigenvalue weighted by atomic mass is 9.98. The molecule has 0 aliphatic rings. The maximum Gasteiger partial charge on any atom is 0.264 e. The first-order valence-corrected chi connectivity index (χ1v) is 11.9. The van der Waals surface area contributed by atoms with Crippen LogP contribution in [0.4, 0.5) is 15.8 Å². The standard InChI is InChI=1S/C25H27FN2O4S/c1-17(2)23-7-5-6-18(3)25(23)27-24(29)16-28(20-10-12-21(32-4)13-11-20)33(30,31)22-14-8-19(26)9-15-22/h5-15,17H,16H2,1-4H3,(H,27,29). The number of para-hydroxylation sites is 1. The van der Waals surface area contributed by atoms with Crippen molar-refractivity contribution >= 4 is 27.3 Å². The van der Waals surface area contributed by atoms with E-state index in [0.717, 1.165) is 27.6 Å². The third-order valence-electron chi connectivity index (χ3n) is 5.24. The summed E-state index contributed by atoms with van der Waals surface area (Å²) in [6.07, 6.45) is 0. The summed E-state index contributed by atoms with van der Waals surface area (Å²) in [4.78, 5) is 13.0. The summed E-state index contributed by atoms with van der Waals surface area (Å²) in [5.41, 5.74) is 2.79. The Bertz CT molecular complexity index is 1220. The SMILES string of the molecule is COc1ccc(N(CC(=O)Nc2c(C)cccc2C(C)C)S(=O)(=O)c2ccc(F)cc2)cc1. The summed E-state index contributed by atoms with van der Waals surface area (Å²) >= 11 is 0. The number of sulfonamides is 1. The van der Waals surface area contributed by atoms with Crippen molar-refractivity contribution in [1.82, 2.24) is 0 Å². The zero-order valence-corrected chi connectivity index (χ0v) is 19.8. The fourth-order valence-corrected chi connectivity index (χ4v) is 4.87. The minimum atomic E-state index is -4.15. The molecule has 3 aromatic carbocycles. The lowest BCUT2D eigenvalue weighted by Crippen LogP contribution is -2.38. The molecule has 1 N–H and O–H groups in total. The number of nitrogens with one attached hydrogen (secondary N) is 1. The predicted molar refractivity (Wildman–Crippen MR) is 128 cm³/mol. The second kappa shape index (κ2) is 10.0. The molecular weight excluding hydrogens is 443 g/mol. The number of rotatable bonds is 8. The summed E-state index contributed by atoms with van der Waals surface area (Å²) in [6.45, 7) is 5.47. The average molecular weight is 471 g/mol. The molecule has 0 radical (unpaired) electrons. The molecule has 0 heterocycles. The topological polar surface area (TPSA) is 75.7 Å². The molecule has 0 unspecified atom stereocenters. The molecule has 3 aromatic rings. The normalized spacial score (nSPS) is 11.3. The summed E-state index contributed by atoms with van der Waals surface area (Å²) in [5, 5.41) is 2.89. The van der Waals surface area contributed by atoms with Crippen molar-refractivity contribution in [3.8, 4) is 5.75 Å². The van der Waals surface area contributed by atoms with Gasteiger partial charge in [0.15, 0.2) is 0 Å². The van der Waals surface area contributed by atoms with Crippen LogP contribution >= 0.6 is 0 Å². The average Bonchev–Trinajstić information content (AvgIpc) is 2.79. The number of ether oxygens (including phenoxy) is 1. The monoisotopic (exact) mass is 470 g/mol. The summed E-state index contributed by atoms with van der Waals surface area (Å²) < 4.78 is 46.4. The first kappa shape index (κ1) is 24.3. The maximum absolute atomic E-state index is 13.4. The molecular formula is C25H27FN2O4S. The van der Waals surface area contributed by atoms with Gasteiger partial charge in [0.25, 0.3) is 10.0 Å². The number of carbonyl (C=O) groups is 1. The molecule has 0 atom stereocenters. The molecule has 0 fully saturated rings. The Kier molecular flexibility index (Phi) is 7.38. The second-order valence-electron chi connectivity index (χ2n) is 7.91. The van der Waals surface area contributed by atoms with Crippen LogP contribution in [-0.4, -0.2) is 28.0 Å². The Morgan fingerprint density at radius 2 is 1.67 bits per heavy atom. The second-order valence-corrected chi connectivity index (χ2v) is 9.77. The van der Waals surface area contributed by atoms with E-state index < -0.39 is 28.3 Å². The molecule has 0 aliphatic heterocycles. The summed E-state index contributed by atoms with van der Waals surface area (Å²) in [6, 6.07) is 16.6. The number of anilines is 2. The van der Waals surface area contributed by atoms with E-state index >= 15 is 0 Å². The number of hydrogen-bond donors (Lipinski definition) is 1. The largest absolute Gasteiger partial charge is 0.497 e. The highest BCUT2D eigenvalue weighted by molar-refractivity contribution is 7.92. The van der Waals surface area contributed by atoms with Gasteiger partial charge in [0, 0.05) is 5.69 Å². The molecule has 0 saturated carbocycles. The van der Waals surface area contributed by atoms with Crippen molar-refractivity contribution in [1.29, 1.82) is 0 Å². The molecule has 0 aliphatic carbocycles. The van der Waals surface area contributed by atoms with Gasteiger partial charge in [0.1, 0.15) is 18.1 Å². The molecule has 3 rings (SSSR count). The molecule has 33 heavy (non-hydrogen) atoms. The number of benzene rings is 3. The lowest BCUT2D eigenvalue weighted by molar-refractivity contribution is -0.114. The molecule has 0 aromatic heterocycles. The quantitative estimate of drug-likeness (QED) is 0.497. The van der Waals surface area contributed by atoms with Crippen molar-refractivity contribution in [3.63, 3.8) is 0 Å². The Morgan fingerprint density at radius 1 is 1.03 bits per heavy atom. The van der Waals surface area contributed by atoms with Gasteiger partial charge in [-0.15, -0.1) is 0 Å². The van der Waals surface area contributed by atoms with E-state index in [1.807, 2.05) is 39.0 Å². The van der Waals surface area contributed by atoms with Gasteiger partial charge in [0.05, 0.1) is 17.7 Å². The van der Waals surface area contributed by atoms with E-state index in [-0.39, 0.29) is 16.5 Å². The molecule has 1 amide bonds. The minimum absolute atomic E-state index is 0.119. The first-order valence-electron chi connectivity index (χ1n) is 10.4. The van der Waals surface area contributed by atoms with Gasteiger partial charge >= 0.3 is 0 Å². The van der Waals surface area contributed by atoms with E-state index in [2.05, 4.69) is 5.32 Å². The van der Waals surface area contributed by atoms with Crippen LogP contribution in [-0.2, 0) is 14.8 Å². The van der Waals surface area contributed by atoms with Gasteiger partial charge in [-0.3, -0.25) is 9.10 Å². The van der Waals surface area contributed by atoms with E-state index in [4.69, 9.17) is 4.74 Å². The van der Waals surface area contributed by atoms with Crippen LogP contribution in [0.3, 0.4) is 0 Å². The number of aryl methyl sites for hydroxylation is 1. The number of nitrogens with zero attached hydrogens (tertiary/aromatic N) is 1. The van der Waals surface area contributed by atoms with Gasteiger partial charge in [-0.2, -0.15) is 0 Å². The van der Waals surface area contributed by atoms with Crippen molar-refractivity contribution in [3.05, 3.63) is 83.7 Å². The van der Waals surface area contributed by atoms with Crippen LogP contribution in [0.15, 0.2) is 71.6 Å². The highest BCUT2D eigenvalue weighted by Gasteiger charge is 2.28. The van der Waals surface area contributed by atoms with Gasteiger partial charge in [-0.25, -0.2) is 12.8 Å². The number of hydrogen-bond acceptors (Lipinski definition) is 4. The third kappa shape index (κ3) is 5.51. The van der Waals surface area contributed by atoms with E-state index in [9.17, 15) is 17.6 Å². The van der Waals surface area contributed by atoms with Gasteiger partial charge in [-0.05, 0) is 72.5 Å². The number of carbonyl (C=O) groups excluding carboxylic acids is 1. The fraction of sp³-hybridized carbons (Fsp3) is 0.240. The summed E-state index contributed by atoms with van der Waals surface area (Å²) in [7, 11) is -2.65. The zero-order valence-electron chi connectivity index (χ0n) is 19.0. The molecule has 174 valence electrons. The van der Waals surface area contributed by atoms with E-state index in [0.29, 0.717) is 11.4 Å². The smallest absolute Gasteiger partial charge is 0.264 e. The summed E-state index contributed by atoms with van der Waals surface area (Å²) in [5.74, 6) is -0.333. The molecule has 0 bridgehead atoms. The highest BCUT2D eigenvalue weighted by atomic mass is 32.2. The third-order valence-corrected chi connectivity index (χ3v) is 7.03. The number of amides is 1. The zero-order chi connectivity index (χ0) is 24.2. The minimum Gasteiger partial charge on any atom is -0.497 e. The first-order chi connectivity index (χ1) is 15.6. The van der Waals surface area contributed by atoms with Gasteiger partial charge in [0.2, 0.25) is 5.91 Å². The fourth-order valence-electron chi connectivity index (χ4n) is 3.45. The van der Waals surface area contributed by atoms with Crippen LogP contribution < -0.4 is 14.4 Å². The molecule has 0 saturated heterocycles. The van der Waals surface area contributed by atoms with Crippen LogP contribution in [0.5, 0.6) is 5.75 Å². The van der Waals surface area contributed by atoms with Crippen molar-refractivity contribution < 1.29 is 22.3 Å². The molecule has 0 spiro atoms. The van der Waals surface area contributed by atoms with Crippen LogP contribution in [0.2, 0.25) is 0 Å². The highest BCUT2D eigenvalue weighted by Crippen LogP contribution is 2.29. The Morgan fingerprint density at radius 3 is 2.24 bits per heavy atom. The van der Waals surface area contributed by atoms with E-state index in [1.54, 1.807) is 24.3 Å². The van der Waals surface area contributed by atoms with Crippen molar-refractivity contribution in [2.45, 2.75) is 31.6 Å². The number of methoxy groups -OCH3 is 1. The van der Waals surface area contributed by atoms with Crippen molar-refractivity contribution in [2.24, 2.45) is 0 Å². The van der Waals surface area contributed by atoms with Crippen molar-refractivity contribution in [2.75, 3.05) is 23.3 Å². The lowest BCUT2D eigenvalue weighted by Gasteiger charge is -2.25. The van der Waals surface area contributed by atoms with E-state index in [1.165, 1.54) is 19.2 Å². The van der Waals surface area contributed by atoms with Crippen LogP contribution in [0.1, 0.15) is 30.9 Å².